The predicted molar refractivity (Wildman–Crippen MR) is 86.1 cm³/mol. The molecule has 1 aromatic heterocycles. The van der Waals surface area contributed by atoms with Crippen molar-refractivity contribution >= 4 is 11.3 Å². The van der Waals surface area contributed by atoms with Crippen LogP contribution in [0.3, 0.4) is 0 Å². The van der Waals surface area contributed by atoms with Gasteiger partial charge in [0.2, 0.25) is 0 Å². The molecule has 1 nitrogen and oxygen atoms in total. The van der Waals surface area contributed by atoms with Gasteiger partial charge in [0.1, 0.15) is 0 Å². The molecule has 0 spiro atoms. The van der Waals surface area contributed by atoms with Gasteiger partial charge in [0.15, 0.2) is 0 Å². The van der Waals surface area contributed by atoms with Crippen molar-refractivity contribution in [2.45, 2.75) is 59.3 Å². The van der Waals surface area contributed by atoms with E-state index in [0.717, 1.165) is 18.4 Å². The number of nitrogens with one attached hydrogen (secondary N) is 1. The van der Waals surface area contributed by atoms with E-state index >= 15 is 0 Å². The molecule has 1 aromatic rings. The maximum atomic E-state index is 3.65. The predicted octanol–water partition coefficient (Wildman–Crippen LogP) is 4.97. The summed E-state index contributed by atoms with van der Waals surface area (Å²) in [5.41, 5.74) is 2.02. The van der Waals surface area contributed by atoms with Crippen molar-refractivity contribution in [3.05, 3.63) is 21.9 Å². The normalized spacial score (nSPS) is 26.5. The number of aryl methyl sites for hydroxylation is 1. The molecule has 2 rings (SSSR count). The van der Waals surface area contributed by atoms with Gasteiger partial charge in [-0.1, -0.05) is 20.8 Å². The molecule has 2 heteroatoms. The lowest BCUT2D eigenvalue weighted by atomic mass is 9.66. The highest BCUT2D eigenvalue weighted by molar-refractivity contribution is 7.10. The first-order valence-corrected chi connectivity index (χ1v) is 8.66. The fourth-order valence-corrected chi connectivity index (χ4v) is 4.54. The molecular formula is C17H29NS. The van der Waals surface area contributed by atoms with E-state index in [1.54, 1.807) is 4.88 Å². The number of hydrogen-bond donors (Lipinski definition) is 1. The zero-order valence-electron chi connectivity index (χ0n) is 13.0. The Balaban J connectivity index is 2.10. The SMILES string of the molecule is CCCNCC1CCC(C)(C)CC1c1sccc1C. The van der Waals surface area contributed by atoms with Crippen LogP contribution in [0.2, 0.25) is 0 Å². The van der Waals surface area contributed by atoms with Crippen molar-refractivity contribution in [3.8, 4) is 0 Å². The van der Waals surface area contributed by atoms with Gasteiger partial charge in [-0.25, -0.2) is 0 Å². The summed E-state index contributed by atoms with van der Waals surface area (Å²) >= 11 is 1.97. The van der Waals surface area contributed by atoms with Crippen molar-refractivity contribution in [2.75, 3.05) is 13.1 Å². The molecule has 0 radical (unpaired) electrons. The lowest BCUT2D eigenvalue weighted by Gasteiger charge is -2.41. The third kappa shape index (κ3) is 3.82. The number of thiophene rings is 1. The van der Waals surface area contributed by atoms with Gasteiger partial charge in [0.05, 0.1) is 0 Å². The third-order valence-electron chi connectivity index (χ3n) is 4.61. The van der Waals surface area contributed by atoms with Crippen molar-refractivity contribution in [1.82, 2.24) is 5.32 Å². The zero-order chi connectivity index (χ0) is 13.9. The van der Waals surface area contributed by atoms with Crippen LogP contribution in [0, 0.1) is 18.3 Å². The Morgan fingerprint density at radius 3 is 2.84 bits per heavy atom. The molecule has 2 atom stereocenters. The van der Waals surface area contributed by atoms with E-state index in [1.807, 2.05) is 11.3 Å². The van der Waals surface area contributed by atoms with E-state index in [4.69, 9.17) is 0 Å². The fraction of sp³-hybridized carbons (Fsp3) is 0.765. The van der Waals surface area contributed by atoms with E-state index in [1.165, 1.54) is 37.8 Å². The summed E-state index contributed by atoms with van der Waals surface area (Å²) in [6.07, 6.45) is 5.35. The maximum absolute atomic E-state index is 3.65. The molecule has 1 saturated carbocycles. The summed E-state index contributed by atoms with van der Waals surface area (Å²) in [6.45, 7) is 11.8. The molecule has 1 fully saturated rings. The first kappa shape index (κ1) is 15.1. The van der Waals surface area contributed by atoms with Crippen molar-refractivity contribution < 1.29 is 0 Å². The van der Waals surface area contributed by atoms with E-state index in [-0.39, 0.29) is 0 Å². The standard InChI is InChI=1S/C17H29NS/c1-5-9-18-12-14-6-8-17(3,4)11-15(14)16-13(2)7-10-19-16/h7,10,14-15,18H,5-6,8-9,11-12H2,1-4H3. The van der Waals surface area contributed by atoms with Crippen LogP contribution in [0.25, 0.3) is 0 Å². The summed E-state index contributed by atoms with van der Waals surface area (Å²) in [5.74, 6) is 1.60. The second-order valence-corrected chi connectivity index (χ2v) is 7.89. The van der Waals surface area contributed by atoms with Crippen molar-refractivity contribution in [3.63, 3.8) is 0 Å². The van der Waals surface area contributed by atoms with Gasteiger partial charge in [-0.3, -0.25) is 0 Å². The summed E-state index contributed by atoms with van der Waals surface area (Å²) < 4.78 is 0. The van der Waals surface area contributed by atoms with Gasteiger partial charge in [0, 0.05) is 4.88 Å². The molecule has 1 heterocycles. The quantitative estimate of drug-likeness (QED) is 0.751. The fourth-order valence-electron chi connectivity index (χ4n) is 3.42. The monoisotopic (exact) mass is 279 g/mol. The molecule has 0 bridgehead atoms. The van der Waals surface area contributed by atoms with Crippen LogP contribution in [0.4, 0.5) is 0 Å². The average Bonchev–Trinajstić information content (AvgIpc) is 2.77. The Morgan fingerprint density at radius 1 is 1.42 bits per heavy atom. The Labute approximate surface area is 122 Å². The largest absolute Gasteiger partial charge is 0.316 e. The topological polar surface area (TPSA) is 12.0 Å². The maximum Gasteiger partial charge on any atom is 0.0109 e. The minimum atomic E-state index is 0.516. The van der Waals surface area contributed by atoms with Crippen molar-refractivity contribution in [2.24, 2.45) is 11.3 Å². The first-order chi connectivity index (χ1) is 9.03. The second-order valence-electron chi connectivity index (χ2n) is 6.95. The van der Waals surface area contributed by atoms with Gasteiger partial charge < -0.3 is 5.32 Å². The molecule has 1 aliphatic carbocycles. The lowest BCUT2D eigenvalue weighted by Crippen LogP contribution is -2.35. The summed E-state index contributed by atoms with van der Waals surface area (Å²) in [7, 11) is 0. The van der Waals surface area contributed by atoms with E-state index in [0.29, 0.717) is 5.41 Å². The number of rotatable bonds is 5. The highest BCUT2D eigenvalue weighted by Crippen LogP contribution is 2.48. The van der Waals surface area contributed by atoms with Gasteiger partial charge in [-0.05, 0) is 80.0 Å². The van der Waals surface area contributed by atoms with Crippen LogP contribution in [-0.4, -0.2) is 13.1 Å². The Bertz CT molecular complexity index is 394. The van der Waals surface area contributed by atoms with Crippen molar-refractivity contribution in [1.29, 1.82) is 0 Å². The lowest BCUT2D eigenvalue weighted by molar-refractivity contribution is 0.161. The van der Waals surface area contributed by atoms with Gasteiger partial charge in [-0.2, -0.15) is 0 Å². The molecule has 0 saturated heterocycles. The molecule has 0 amide bonds. The van der Waals surface area contributed by atoms with Crippen LogP contribution >= 0.6 is 11.3 Å². The average molecular weight is 279 g/mol. The van der Waals surface area contributed by atoms with E-state index in [2.05, 4.69) is 44.5 Å². The molecule has 2 unspecified atom stereocenters. The van der Waals surface area contributed by atoms with Gasteiger partial charge in [0.25, 0.3) is 0 Å². The third-order valence-corrected chi connectivity index (χ3v) is 5.76. The van der Waals surface area contributed by atoms with E-state index < -0.39 is 0 Å². The molecule has 0 aromatic carbocycles. The molecule has 1 aliphatic rings. The molecule has 1 N–H and O–H groups in total. The second kappa shape index (κ2) is 6.41. The number of hydrogen-bond acceptors (Lipinski definition) is 2. The molecule has 19 heavy (non-hydrogen) atoms. The smallest absolute Gasteiger partial charge is 0.0109 e. The highest BCUT2D eigenvalue weighted by atomic mass is 32.1. The first-order valence-electron chi connectivity index (χ1n) is 7.78. The van der Waals surface area contributed by atoms with Crippen LogP contribution in [-0.2, 0) is 0 Å². The Kier molecular flexibility index (Phi) is 5.08. The minimum absolute atomic E-state index is 0.516. The summed E-state index contributed by atoms with van der Waals surface area (Å²) in [5, 5.41) is 5.91. The van der Waals surface area contributed by atoms with Crippen LogP contribution in [0.5, 0.6) is 0 Å². The Morgan fingerprint density at radius 2 is 2.21 bits per heavy atom. The summed E-state index contributed by atoms with van der Waals surface area (Å²) in [4.78, 5) is 1.65. The van der Waals surface area contributed by atoms with E-state index in [9.17, 15) is 0 Å². The molecule has 108 valence electrons. The van der Waals surface area contributed by atoms with Gasteiger partial charge >= 0.3 is 0 Å². The molecular weight excluding hydrogens is 250 g/mol. The molecule has 0 aliphatic heterocycles. The Hall–Kier alpha value is -0.340. The van der Waals surface area contributed by atoms with Crippen LogP contribution in [0.1, 0.15) is 62.8 Å². The van der Waals surface area contributed by atoms with Crippen LogP contribution in [0.15, 0.2) is 11.4 Å². The zero-order valence-corrected chi connectivity index (χ0v) is 13.8. The van der Waals surface area contributed by atoms with Gasteiger partial charge in [-0.15, -0.1) is 11.3 Å². The van der Waals surface area contributed by atoms with Crippen LogP contribution < -0.4 is 5.32 Å². The highest BCUT2D eigenvalue weighted by Gasteiger charge is 2.36. The minimum Gasteiger partial charge on any atom is -0.316 e. The summed E-state index contributed by atoms with van der Waals surface area (Å²) in [6, 6.07) is 2.29.